The first-order valence-corrected chi connectivity index (χ1v) is 9.43. The van der Waals surface area contributed by atoms with Crippen LogP contribution in [0.2, 0.25) is 0 Å². The summed E-state index contributed by atoms with van der Waals surface area (Å²) in [4.78, 5) is 8.49. The Morgan fingerprint density at radius 3 is 2.50 bits per heavy atom. The van der Waals surface area contributed by atoms with Gasteiger partial charge >= 0.3 is 0 Å². The van der Waals surface area contributed by atoms with Crippen LogP contribution in [0.5, 0.6) is 5.88 Å². The van der Waals surface area contributed by atoms with Crippen molar-refractivity contribution in [2.75, 3.05) is 17.6 Å². The highest BCUT2D eigenvalue weighted by Crippen LogP contribution is 2.20. The average Bonchev–Trinajstić information content (AvgIpc) is 2.63. The number of hydrogen-bond acceptors (Lipinski definition) is 4. The van der Waals surface area contributed by atoms with E-state index >= 15 is 0 Å². The van der Waals surface area contributed by atoms with Crippen molar-refractivity contribution in [3.05, 3.63) is 66.0 Å². The van der Waals surface area contributed by atoms with Gasteiger partial charge < -0.3 is 9.47 Å². The molecule has 0 radical (unpaired) electrons. The lowest BCUT2D eigenvalue weighted by Crippen LogP contribution is -2.04. The summed E-state index contributed by atoms with van der Waals surface area (Å²) in [5.41, 5.74) is 3.34. The molecule has 0 bridgehead atoms. The Bertz CT molecular complexity index is 772. The smallest absolute Gasteiger partial charge is 0.224 e. The highest BCUT2D eigenvalue weighted by molar-refractivity contribution is 14.1. The number of hydrogen-bond donors (Lipinski definition) is 0. The number of aromatic nitrogens is 2. The SMILES string of the molecule is ICCOCc1ccc(CCOc2ncnc3ccccc23)cc1. The number of fused-ring (bicyclic) bond motifs is 1. The lowest BCUT2D eigenvalue weighted by atomic mass is 10.1. The molecule has 0 saturated heterocycles. The molecule has 0 fully saturated rings. The fraction of sp³-hybridized carbons (Fsp3) is 0.263. The molecule has 0 amide bonds. The third-order valence-corrected chi connectivity index (χ3v) is 4.09. The van der Waals surface area contributed by atoms with Crippen molar-refractivity contribution < 1.29 is 9.47 Å². The van der Waals surface area contributed by atoms with E-state index in [1.54, 1.807) is 6.33 Å². The van der Waals surface area contributed by atoms with Crippen LogP contribution in [0, 0.1) is 0 Å². The fourth-order valence-electron chi connectivity index (χ4n) is 2.41. The number of nitrogens with zero attached hydrogens (tertiary/aromatic N) is 2. The zero-order valence-corrected chi connectivity index (χ0v) is 15.5. The molecule has 0 aliphatic rings. The van der Waals surface area contributed by atoms with E-state index in [-0.39, 0.29) is 0 Å². The maximum Gasteiger partial charge on any atom is 0.224 e. The normalized spacial score (nSPS) is 10.9. The molecule has 1 heterocycles. The zero-order valence-electron chi connectivity index (χ0n) is 13.3. The molecule has 0 N–H and O–H groups in total. The van der Waals surface area contributed by atoms with E-state index in [1.165, 1.54) is 11.1 Å². The predicted octanol–water partition coefficient (Wildman–Crippen LogP) is 4.20. The van der Waals surface area contributed by atoms with Gasteiger partial charge in [0.15, 0.2) is 0 Å². The van der Waals surface area contributed by atoms with Crippen molar-refractivity contribution in [1.29, 1.82) is 0 Å². The third kappa shape index (κ3) is 4.64. The van der Waals surface area contributed by atoms with Crippen LogP contribution in [0.25, 0.3) is 10.9 Å². The molecule has 3 rings (SSSR count). The maximum atomic E-state index is 5.86. The molecular formula is C19H19IN2O2. The molecule has 24 heavy (non-hydrogen) atoms. The predicted molar refractivity (Wildman–Crippen MR) is 104 cm³/mol. The number of halogens is 1. The third-order valence-electron chi connectivity index (χ3n) is 3.65. The van der Waals surface area contributed by atoms with Crippen LogP contribution >= 0.6 is 22.6 Å². The summed E-state index contributed by atoms with van der Waals surface area (Å²) in [6.07, 6.45) is 2.38. The minimum Gasteiger partial charge on any atom is -0.477 e. The topological polar surface area (TPSA) is 44.2 Å². The molecule has 0 atom stereocenters. The van der Waals surface area contributed by atoms with Gasteiger partial charge in [0.05, 0.1) is 30.7 Å². The van der Waals surface area contributed by atoms with E-state index in [2.05, 4.69) is 56.8 Å². The van der Waals surface area contributed by atoms with Gasteiger partial charge in [-0.05, 0) is 23.3 Å². The molecule has 0 aliphatic carbocycles. The van der Waals surface area contributed by atoms with E-state index in [0.29, 0.717) is 19.1 Å². The Kier molecular flexibility index (Phi) is 6.37. The first-order chi connectivity index (χ1) is 11.9. The maximum absolute atomic E-state index is 5.86. The Labute approximate surface area is 155 Å². The van der Waals surface area contributed by atoms with E-state index in [1.807, 2.05) is 24.3 Å². The second-order valence-corrected chi connectivity index (χ2v) is 6.43. The molecule has 124 valence electrons. The summed E-state index contributed by atoms with van der Waals surface area (Å²) < 4.78 is 12.4. The Morgan fingerprint density at radius 1 is 0.875 bits per heavy atom. The van der Waals surface area contributed by atoms with Crippen LogP contribution in [0.4, 0.5) is 0 Å². The minimum atomic E-state index is 0.589. The first kappa shape index (κ1) is 17.1. The molecule has 5 heteroatoms. The molecule has 0 unspecified atom stereocenters. The lowest BCUT2D eigenvalue weighted by Gasteiger charge is -2.08. The van der Waals surface area contributed by atoms with Gasteiger partial charge in [-0.15, -0.1) is 0 Å². The van der Waals surface area contributed by atoms with Crippen molar-refractivity contribution in [1.82, 2.24) is 9.97 Å². The largest absolute Gasteiger partial charge is 0.477 e. The van der Waals surface area contributed by atoms with Crippen molar-refractivity contribution in [3.63, 3.8) is 0 Å². The lowest BCUT2D eigenvalue weighted by molar-refractivity contribution is 0.138. The standard InChI is InChI=1S/C19H19IN2O2/c20-10-12-23-13-16-7-5-15(6-8-16)9-11-24-19-17-3-1-2-4-18(17)21-14-22-19/h1-8,14H,9-13H2. The van der Waals surface area contributed by atoms with Gasteiger partial charge in [0, 0.05) is 10.8 Å². The minimum absolute atomic E-state index is 0.589. The van der Waals surface area contributed by atoms with Gasteiger partial charge in [-0.1, -0.05) is 59.0 Å². The van der Waals surface area contributed by atoms with Crippen molar-refractivity contribution in [3.8, 4) is 5.88 Å². The highest BCUT2D eigenvalue weighted by Gasteiger charge is 2.04. The van der Waals surface area contributed by atoms with Gasteiger partial charge in [-0.3, -0.25) is 0 Å². The summed E-state index contributed by atoms with van der Waals surface area (Å²) in [7, 11) is 0. The second-order valence-electron chi connectivity index (χ2n) is 5.35. The van der Waals surface area contributed by atoms with E-state index < -0.39 is 0 Å². The van der Waals surface area contributed by atoms with Crippen LogP contribution in [0.3, 0.4) is 0 Å². The van der Waals surface area contributed by atoms with Crippen LogP contribution in [-0.2, 0) is 17.8 Å². The number of benzene rings is 2. The van der Waals surface area contributed by atoms with E-state index in [4.69, 9.17) is 9.47 Å². The van der Waals surface area contributed by atoms with Gasteiger partial charge in [-0.25, -0.2) is 9.97 Å². The summed E-state index contributed by atoms with van der Waals surface area (Å²) in [5, 5.41) is 0.947. The molecule has 1 aromatic heterocycles. The Balaban J connectivity index is 1.54. The molecule has 2 aromatic carbocycles. The Hall–Kier alpha value is -1.73. The molecule has 4 nitrogen and oxygen atoms in total. The first-order valence-electron chi connectivity index (χ1n) is 7.91. The summed E-state index contributed by atoms with van der Waals surface area (Å²) in [6, 6.07) is 16.4. The number of alkyl halides is 1. The van der Waals surface area contributed by atoms with Gasteiger partial charge in [-0.2, -0.15) is 0 Å². The molecule has 3 aromatic rings. The van der Waals surface area contributed by atoms with Crippen LogP contribution in [0.1, 0.15) is 11.1 Å². The monoisotopic (exact) mass is 434 g/mol. The summed E-state index contributed by atoms with van der Waals surface area (Å²) in [6.45, 7) is 2.06. The van der Waals surface area contributed by atoms with E-state index in [0.717, 1.165) is 28.4 Å². The summed E-state index contributed by atoms with van der Waals surface area (Å²) >= 11 is 2.31. The van der Waals surface area contributed by atoms with Crippen molar-refractivity contribution in [2.24, 2.45) is 0 Å². The average molecular weight is 434 g/mol. The highest BCUT2D eigenvalue weighted by atomic mass is 127. The number of ether oxygens (including phenoxy) is 2. The molecule has 0 spiro atoms. The number of rotatable bonds is 8. The van der Waals surface area contributed by atoms with Gasteiger partial charge in [0.1, 0.15) is 6.33 Å². The Morgan fingerprint density at radius 2 is 1.67 bits per heavy atom. The van der Waals surface area contributed by atoms with Crippen molar-refractivity contribution in [2.45, 2.75) is 13.0 Å². The van der Waals surface area contributed by atoms with Crippen LogP contribution in [-0.4, -0.2) is 27.6 Å². The van der Waals surface area contributed by atoms with Gasteiger partial charge in [0.25, 0.3) is 0 Å². The van der Waals surface area contributed by atoms with E-state index in [9.17, 15) is 0 Å². The zero-order chi connectivity index (χ0) is 16.6. The fourth-order valence-corrected chi connectivity index (χ4v) is 2.72. The van der Waals surface area contributed by atoms with Crippen molar-refractivity contribution >= 4 is 33.5 Å². The molecular weight excluding hydrogens is 415 g/mol. The quantitative estimate of drug-likeness (QED) is 0.303. The molecule has 0 saturated carbocycles. The summed E-state index contributed by atoms with van der Waals surface area (Å²) in [5.74, 6) is 0.643. The number of para-hydroxylation sites is 1. The van der Waals surface area contributed by atoms with Gasteiger partial charge in [0.2, 0.25) is 5.88 Å². The van der Waals surface area contributed by atoms with Crippen LogP contribution < -0.4 is 4.74 Å². The van der Waals surface area contributed by atoms with Crippen LogP contribution in [0.15, 0.2) is 54.9 Å². The molecule has 0 aliphatic heterocycles. The second kappa shape index (κ2) is 8.94.